The number of amides is 1. The monoisotopic (exact) mass is 231 g/mol. The molecule has 6 heteroatoms. The lowest BCUT2D eigenvalue weighted by molar-refractivity contribution is -0.138. The fourth-order valence-corrected chi connectivity index (χ4v) is 1.61. The lowest BCUT2D eigenvalue weighted by Gasteiger charge is -2.15. The van der Waals surface area contributed by atoms with E-state index in [-0.39, 0.29) is 12.2 Å². The Balaban J connectivity index is 2.37. The maximum atomic E-state index is 12.6. The topological polar surface area (TPSA) is 38.3 Å². The van der Waals surface area contributed by atoms with Crippen LogP contribution in [0.3, 0.4) is 0 Å². The second-order valence-corrected chi connectivity index (χ2v) is 3.38. The Bertz CT molecular complexity index is 417. The van der Waals surface area contributed by atoms with Crippen LogP contribution in [-0.2, 0) is 10.9 Å². The van der Waals surface area contributed by atoms with E-state index in [2.05, 4.69) is 10.1 Å². The normalized spacial score (nSPS) is 20.4. The molecule has 1 aliphatic rings. The maximum Gasteiger partial charge on any atom is 0.416 e. The van der Waals surface area contributed by atoms with Crippen LogP contribution in [-0.4, -0.2) is 12.7 Å². The molecule has 1 amide bonds. The Hall–Kier alpha value is -1.72. The molecule has 0 spiro atoms. The number of nitrogens with one attached hydrogen (secondary N) is 1. The summed E-state index contributed by atoms with van der Waals surface area (Å²) < 4.78 is 42.5. The van der Waals surface area contributed by atoms with Crippen molar-refractivity contribution in [2.24, 2.45) is 0 Å². The molecule has 0 saturated carbocycles. The molecule has 1 aromatic rings. The molecule has 1 atom stereocenters. The minimum Gasteiger partial charge on any atom is -0.447 e. The number of rotatable bonds is 1. The van der Waals surface area contributed by atoms with Crippen LogP contribution < -0.4 is 5.32 Å². The number of carbonyl (C=O) groups excluding carboxylic acids is 1. The molecule has 0 bridgehead atoms. The van der Waals surface area contributed by atoms with E-state index in [4.69, 9.17) is 0 Å². The highest BCUT2D eigenvalue weighted by Crippen LogP contribution is 2.35. The van der Waals surface area contributed by atoms with Gasteiger partial charge in [0, 0.05) is 0 Å². The van der Waals surface area contributed by atoms with E-state index in [1.165, 1.54) is 18.2 Å². The summed E-state index contributed by atoms with van der Waals surface area (Å²) in [4.78, 5) is 10.8. The fourth-order valence-electron chi connectivity index (χ4n) is 1.61. The highest BCUT2D eigenvalue weighted by Gasteiger charge is 2.37. The van der Waals surface area contributed by atoms with Crippen molar-refractivity contribution in [3.8, 4) is 0 Å². The summed E-state index contributed by atoms with van der Waals surface area (Å²) in [6.45, 7) is -0.0775. The van der Waals surface area contributed by atoms with Crippen LogP contribution in [0, 0.1) is 0 Å². The standard InChI is InChI=1S/C10H8F3NO2/c11-10(12,13)7-4-2-1-3-6(7)8-5-16-9(15)14-8/h1-4,8H,5H2,(H,14,15). The van der Waals surface area contributed by atoms with E-state index in [1.54, 1.807) is 0 Å². The second-order valence-electron chi connectivity index (χ2n) is 3.38. The molecule has 2 rings (SSSR count). The summed E-state index contributed by atoms with van der Waals surface area (Å²) in [6, 6.07) is 4.40. The molecule has 1 fully saturated rings. The van der Waals surface area contributed by atoms with Gasteiger partial charge < -0.3 is 10.1 Å². The zero-order valence-corrected chi connectivity index (χ0v) is 8.04. The average Bonchev–Trinajstić information content (AvgIpc) is 2.64. The number of hydrogen-bond donors (Lipinski definition) is 1. The number of hydrogen-bond acceptors (Lipinski definition) is 2. The number of alkyl carbamates (subject to hydrolysis) is 1. The van der Waals surface area contributed by atoms with Gasteiger partial charge in [-0.3, -0.25) is 0 Å². The molecule has 0 aromatic heterocycles. The molecule has 0 aliphatic carbocycles. The van der Waals surface area contributed by atoms with Gasteiger partial charge in [0.1, 0.15) is 6.61 Å². The van der Waals surface area contributed by atoms with Crippen LogP contribution in [0.5, 0.6) is 0 Å². The minimum absolute atomic E-state index is 0.0286. The SMILES string of the molecule is O=C1NC(c2ccccc2C(F)(F)F)CO1. The van der Waals surface area contributed by atoms with Crippen molar-refractivity contribution in [2.45, 2.75) is 12.2 Å². The van der Waals surface area contributed by atoms with Gasteiger partial charge in [-0.15, -0.1) is 0 Å². The average molecular weight is 231 g/mol. The van der Waals surface area contributed by atoms with Crippen LogP contribution in [0.15, 0.2) is 24.3 Å². The van der Waals surface area contributed by atoms with Gasteiger partial charge in [0.05, 0.1) is 11.6 Å². The van der Waals surface area contributed by atoms with Crippen molar-refractivity contribution >= 4 is 6.09 Å². The highest BCUT2D eigenvalue weighted by molar-refractivity contribution is 5.70. The third kappa shape index (κ3) is 1.95. The fraction of sp³-hybridized carbons (Fsp3) is 0.300. The summed E-state index contributed by atoms with van der Waals surface area (Å²) in [5.41, 5.74) is -0.716. The zero-order valence-electron chi connectivity index (χ0n) is 8.04. The maximum absolute atomic E-state index is 12.6. The van der Waals surface area contributed by atoms with Crippen LogP contribution in [0.1, 0.15) is 17.2 Å². The number of carbonyl (C=O) groups is 1. The van der Waals surface area contributed by atoms with Crippen molar-refractivity contribution in [3.05, 3.63) is 35.4 Å². The van der Waals surface area contributed by atoms with Crippen LogP contribution >= 0.6 is 0 Å². The molecule has 1 N–H and O–H groups in total. The molecule has 16 heavy (non-hydrogen) atoms. The van der Waals surface area contributed by atoms with Crippen LogP contribution in [0.25, 0.3) is 0 Å². The van der Waals surface area contributed by atoms with Gasteiger partial charge in [-0.2, -0.15) is 13.2 Å². The first kappa shape index (κ1) is 10.8. The lowest BCUT2D eigenvalue weighted by Crippen LogP contribution is -2.21. The molecule has 1 aromatic carbocycles. The van der Waals surface area contributed by atoms with Crippen molar-refractivity contribution < 1.29 is 22.7 Å². The molecule has 1 aliphatic heterocycles. The predicted molar refractivity (Wildman–Crippen MR) is 48.7 cm³/mol. The molecule has 0 radical (unpaired) electrons. The van der Waals surface area contributed by atoms with E-state index in [9.17, 15) is 18.0 Å². The van der Waals surface area contributed by atoms with Crippen molar-refractivity contribution in [1.29, 1.82) is 0 Å². The van der Waals surface area contributed by atoms with Crippen LogP contribution in [0.4, 0.5) is 18.0 Å². The van der Waals surface area contributed by atoms with E-state index in [1.807, 2.05) is 0 Å². The molecule has 1 saturated heterocycles. The Morgan fingerprint density at radius 1 is 1.31 bits per heavy atom. The Morgan fingerprint density at radius 3 is 2.56 bits per heavy atom. The number of benzene rings is 1. The summed E-state index contributed by atoms with van der Waals surface area (Å²) in [5.74, 6) is 0. The third-order valence-corrected chi connectivity index (χ3v) is 2.31. The van der Waals surface area contributed by atoms with Gasteiger partial charge in [0.2, 0.25) is 0 Å². The molecule has 1 heterocycles. The number of ether oxygens (including phenoxy) is 1. The van der Waals surface area contributed by atoms with Crippen molar-refractivity contribution in [1.82, 2.24) is 5.32 Å². The van der Waals surface area contributed by atoms with E-state index in [0.29, 0.717) is 0 Å². The molecular formula is C10H8F3NO2. The first-order valence-electron chi connectivity index (χ1n) is 4.58. The van der Waals surface area contributed by atoms with E-state index >= 15 is 0 Å². The third-order valence-electron chi connectivity index (χ3n) is 2.31. The highest BCUT2D eigenvalue weighted by atomic mass is 19.4. The Kier molecular flexibility index (Phi) is 2.49. The van der Waals surface area contributed by atoms with E-state index < -0.39 is 23.9 Å². The number of halogens is 3. The van der Waals surface area contributed by atoms with Crippen LogP contribution in [0.2, 0.25) is 0 Å². The quantitative estimate of drug-likeness (QED) is 0.806. The van der Waals surface area contributed by atoms with Gasteiger partial charge in [0.15, 0.2) is 0 Å². The summed E-state index contributed by atoms with van der Waals surface area (Å²) in [6.07, 6.45) is -5.12. The molecule has 86 valence electrons. The largest absolute Gasteiger partial charge is 0.447 e. The van der Waals surface area contributed by atoms with Gasteiger partial charge >= 0.3 is 12.3 Å². The molecule has 1 unspecified atom stereocenters. The summed E-state index contributed by atoms with van der Waals surface area (Å²) in [5, 5.41) is 2.32. The predicted octanol–water partition coefficient (Wildman–Crippen LogP) is 2.49. The number of cyclic esters (lactones) is 1. The van der Waals surface area contributed by atoms with Gasteiger partial charge in [-0.1, -0.05) is 18.2 Å². The zero-order chi connectivity index (χ0) is 11.8. The molecular weight excluding hydrogens is 223 g/mol. The Labute approximate surface area is 89.2 Å². The number of alkyl halides is 3. The van der Waals surface area contributed by atoms with Crippen molar-refractivity contribution in [2.75, 3.05) is 6.61 Å². The van der Waals surface area contributed by atoms with Gasteiger partial charge in [-0.25, -0.2) is 4.79 Å². The second kappa shape index (κ2) is 3.70. The Morgan fingerprint density at radius 2 is 2.00 bits per heavy atom. The van der Waals surface area contributed by atoms with Gasteiger partial charge in [-0.05, 0) is 11.6 Å². The van der Waals surface area contributed by atoms with Crippen molar-refractivity contribution in [3.63, 3.8) is 0 Å². The van der Waals surface area contributed by atoms with E-state index in [0.717, 1.165) is 6.07 Å². The summed E-state index contributed by atoms with van der Waals surface area (Å²) in [7, 11) is 0. The summed E-state index contributed by atoms with van der Waals surface area (Å²) >= 11 is 0. The molecule has 3 nitrogen and oxygen atoms in total. The lowest BCUT2D eigenvalue weighted by atomic mass is 10.0. The minimum atomic E-state index is -4.43. The smallest absolute Gasteiger partial charge is 0.416 e. The van der Waals surface area contributed by atoms with Gasteiger partial charge in [0.25, 0.3) is 0 Å². The first-order chi connectivity index (χ1) is 7.48. The first-order valence-corrected chi connectivity index (χ1v) is 4.58.